The number of aromatic nitrogens is 1. The number of nitrogens with one attached hydrogen (secondary N) is 1. The van der Waals surface area contributed by atoms with Gasteiger partial charge in [-0.25, -0.2) is 0 Å². The lowest BCUT2D eigenvalue weighted by Gasteiger charge is -2.06. The molecule has 82 valence electrons. The Kier molecular flexibility index (Phi) is 2.97. The Morgan fingerprint density at radius 2 is 2.12 bits per heavy atom. The predicted molar refractivity (Wildman–Crippen MR) is 64.7 cm³/mol. The minimum Gasteiger partial charge on any atom is -0.313 e. The third kappa shape index (κ3) is 1.95. The molecule has 1 aromatic heterocycles. The van der Waals surface area contributed by atoms with Crippen molar-refractivity contribution in [2.45, 2.75) is 6.92 Å². The molecule has 0 aliphatic heterocycles. The number of nitrogens with zero attached hydrogens (tertiary/aromatic N) is 1. The number of carbonyl (C=O) groups is 1. The van der Waals surface area contributed by atoms with Crippen molar-refractivity contribution in [2.75, 3.05) is 13.6 Å². The first-order chi connectivity index (χ1) is 7.72. The molecule has 0 saturated carbocycles. The second-order valence-electron chi connectivity index (χ2n) is 3.78. The van der Waals surface area contributed by atoms with Crippen molar-refractivity contribution in [3.05, 3.63) is 41.6 Å². The van der Waals surface area contributed by atoms with E-state index in [0.29, 0.717) is 6.54 Å². The minimum atomic E-state index is 0.101. The van der Waals surface area contributed by atoms with Crippen LogP contribution in [0.4, 0.5) is 0 Å². The smallest absolute Gasteiger partial charge is 0.177 e. The molecule has 2 rings (SSSR count). The van der Waals surface area contributed by atoms with E-state index >= 15 is 0 Å². The highest BCUT2D eigenvalue weighted by Gasteiger charge is 2.10. The van der Waals surface area contributed by atoms with Crippen molar-refractivity contribution < 1.29 is 4.79 Å². The van der Waals surface area contributed by atoms with Crippen molar-refractivity contribution in [3.8, 4) is 0 Å². The Labute approximate surface area is 94.5 Å². The summed E-state index contributed by atoms with van der Waals surface area (Å²) < 4.78 is 0. The fraction of sp³-hybridized carbons (Fsp3) is 0.231. The zero-order chi connectivity index (χ0) is 11.5. The van der Waals surface area contributed by atoms with Crippen molar-refractivity contribution in [1.29, 1.82) is 0 Å². The van der Waals surface area contributed by atoms with Gasteiger partial charge in [0.15, 0.2) is 5.78 Å². The van der Waals surface area contributed by atoms with Gasteiger partial charge in [0.2, 0.25) is 0 Å². The molecule has 0 spiro atoms. The van der Waals surface area contributed by atoms with Gasteiger partial charge in [-0.05, 0) is 26.1 Å². The van der Waals surface area contributed by atoms with Gasteiger partial charge < -0.3 is 5.32 Å². The first-order valence-electron chi connectivity index (χ1n) is 5.26. The van der Waals surface area contributed by atoms with E-state index in [9.17, 15) is 4.79 Å². The van der Waals surface area contributed by atoms with Crippen LogP contribution in [0, 0.1) is 6.92 Å². The second kappa shape index (κ2) is 4.41. The van der Waals surface area contributed by atoms with Gasteiger partial charge in [0.1, 0.15) is 0 Å². The number of likely N-dealkylation sites (N-methyl/N-ethyl adjacent to an activating group) is 1. The molecular weight excluding hydrogens is 200 g/mol. The standard InChI is InChI=1S/C13H14N2O/c1-9-7-11(13(16)8-14-2)10-5-3-4-6-12(10)15-9/h3-7,14H,8H2,1-2H3. The summed E-state index contributed by atoms with van der Waals surface area (Å²) in [6, 6.07) is 9.57. The number of rotatable bonds is 3. The quantitative estimate of drug-likeness (QED) is 0.794. The van der Waals surface area contributed by atoms with Crippen LogP contribution in [0.1, 0.15) is 16.1 Å². The fourth-order valence-electron chi connectivity index (χ4n) is 1.79. The molecule has 0 aliphatic carbocycles. The highest BCUT2D eigenvalue weighted by molar-refractivity contribution is 6.08. The highest BCUT2D eigenvalue weighted by atomic mass is 16.1. The first-order valence-corrected chi connectivity index (χ1v) is 5.26. The summed E-state index contributed by atoms with van der Waals surface area (Å²) in [5.74, 6) is 0.101. The summed E-state index contributed by atoms with van der Waals surface area (Å²) in [7, 11) is 1.77. The molecule has 1 heterocycles. The molecule has 0 bridgehead atoms. The largest absolute Gasteiger partial charge is 0.313 e. The van der Waals surface area contributed by atoms with Gasteiger partial charge in [0.25, 0.3) is 0 Å². The molecule has 3 heteroatoms. The topological polar surface area (TPSA) is 42.0 Å². The zero-order valence-corrected chi connectivity index (χ0v) is 9.45. The first kappa shape index (κ1) is 10.8. The lowest BCUT2D eigenvalue weighted by atomic mass is 10.0. The van der Waals surface area contributed by atoms with Crippen molar-refractivity contribution >= 4 is 16.7 Å². The summed E-state index contributed by atoms with van der Waals surface area (Å²) in [5, 5.41) is 3.80. The molecule has 2 aromatic rings. The maximum absolute atomic E-state index is 11.9. The number of hydrogen-bond donors (Lipinski definition) is 1. The molecule has 3 nitrogen and oxygen atoms in total. The van der Waals surface area contributed by atoms with Crippen molar-refractivity contribution in [3.63, 3.8) is 0 Å². The van der Waals surface area contributed by atoms with Crippen LogP contribution in [-0.4, -0.2) is 24.4 Å². The number of carbonyl (C=O) groups excluding carboxylic acids is 1. The Morgan fingerprint density at radius 3 is 2.88 bits per heavy atom. The van der Waals surface area contributed by atoms with Crippen LogP contribution in [0.5, 0.6) is 0 Å². The number of aryl methyl sites for hydroxylation is 1. The van der Waals surface area contributed by atoms with Gasteiger partial charge in [-0.15, -0.1) is 0 Å². The Balaban J connectivity index is 2.63. The van der Waals surface area contributed by atoms with E-state index in [1.807, 2.05) is 37.3 Å². The normalized spacial score (nSPS) is 10.6. The molecule has 0 saturated heterocycles. The van der Waals surface area contributed by atoms with E-state index < -0.39 is 0 Å². The van der Waals surface area contributed by atoms with Crippen molar-refractivity contribution in [1.82, 2.24) is 10.3 Å². The Hall–Kier alpha value is -1.74. The van der Waals surface area contributed by atoms with Gasteiger partial charge in [-0.1, -0.05) is 18.2 Å². The van der Waals surface area contributed by atoms with E-state index in [2.05, 4.69) is 10.3 Å². The second-order valence-corrected chi connectivity index (χ2v) is 3.78. The maximum atomic E-state index is 11.9. The van der Waals surface area contributed by atoms with Crippen LogP contribution in [0.3, 0.4) is 0 Å². The fourth-order valence-corrected chi connectivity index (χ4v) is 1.79. The number of para-hydroxylation sites is 1. The predicted octanol–water partition coefficient (Wildman–Crippen LogP) is 1.95. The third-order valence-electron chi connectivity index (χ3n) is 2.48. The zero-order valence-electron chi connectivity index (χ0n) is 9.45. The monoisotopic (exact) mass is 214 g/mol. The van der Waals surface area contributed by atoms with E-state index in [0.717, 1.165) is 22.2 Å². The van der Waals surface area contributed by atoms with E-state index in [4.69, 9.17) is 0 Å². The Bertz CT molecular complexity index is 534. The number of ketones is 1. The summed E-state index contributed by atoms with van der Waals surface area (Å²) in [5.41, 5.74) is 2.50. The van der Waals surface area contributed by atoms with Crippen LogP contribution in [0.25, 0.3) is 10.9 Å². The van der Waals surface area contributed by atoms with Gasteiger partial charge in [-0.3, -0.25) is 9.78 Å². The molecule has 1 N–H and O–H groups in total. The summed E-state index contributed by atoms with van der Waals surface area (Å²) in [4.78, 5) is 16.3. The lowest BCUT2D eigenvalue weighted by molar-refractivity contribution is 0.0995. The van der Waals surface area contributed by atoms with Gasteiger partial charge >= 0.3 is 0 Å². The number of pyridine rings is 1. The summed E-state index contributed by atoms with van der Waals surface area (Å²) in [6.07, 6.45) is 0. The van der Waals surface area contributed by atoms with Crippen LogP contribution in [0.2, 0.25) is 0 Å². The molecule has 0 aliphatic rings. The van der Waals surface area contributed by atoms with E-state index in [1.165, 1.54) is 0 Å². The number of benzene rings is 1. The van der Waals surface area contributed by atoms with E-state index in [1.54, 1.807) is 7.05 Å². The average molecular weight is 214 g/mol. The van der Waals surface area contributed by atoms with Crippen LogP contribution < -0.4 is 5.32 Å². The van der Waals surface area contributed by atoms with Crippen molar-refractivity contribution in [2.24, 2.45) is 0 Å². The number of hydrogen-bond acceptors (Lipinski definition) is 3. The molecule has 0 radical (unpaired) electrons. The van der Waals surface area contributed by atoms with E-state index in [-0.39, 0.29) is 5.78 Å². The van der Waals surface area contributed by atoms with Gasteiger partial charge in [0.05, 0.1) is 12.1 Å². The highest BCUT2D eigenvalue weighted by Crippen LogP contribution is 2.18. The SMILES string of the molecule is CNCC(=O)c1cc(C)nc2ccccc12. The molecule has 0 amide bonds. The summed E-state index contributed by atoms with van der Waals surface area (Å²) >= 11 is 0. The minimum absolute atomic E-state index is 0.101. The van der Waals surface area contributed by atoms with Gasteiger partial charge in [-0.2, -0.15) is 0 Å². The number of Topliss-reactive ketones (excluding diaryl/α,β-unsaturated/α-hetero) is 1. The van der Waals surface area contributed by atoms with Crippen LogP contribution in [-0.2, 0) is 0 Å². The van der Waals surface area contributed by atoms with Gasteiger partial charge in [0, 0.05) is 16.6 Å². The molecule has 16 heavy (non-hydrogen) atoms. The Morgan fingerprint density at radius 1 is 1.38 bits per heavy atom. The van der Waals surface area contributed by atoms with Crippen LogP contribution >= 0.6 is 0 Å². The third-order valence-corrected chi connectivity index (χ3v) is 2.48. The summed E-state index contributed by atoms with van der Waals surface area (Å²) in [6.45, 7) is 2.26. The molecule has 1 aromatic carbocycles. The molecule has 0 unspecified atom stereocenters. The molecular formula is C13H14N2O. The maximum Gasteiger partial charge on any atom is 0.177 e. The lowest BCUT2D eigenvalue weighted by Crippen LogP contribution is -2.19. The molecule has 0 atom stereocenters. The average Bonchev–Trinajstić information content (AvgIpc) is 2.28. The number of fused-ring (bicyclic) bond motifs is 1. The molecule has 0 fully saturated rings. The van der Waals surface area contributed by atoms with Crippen LogP contribution in [0.15, 0.2) is 30.3 Å².